The first kappa shape index (κ1) is 27.2. The minimum atomic E-state index is -0.138. The summed E-state index contributed by atoms with van der Waals surface area (Å²) in [6, 6.07) is 7.22. The predicted octanol–water partition coefficient (Wildman–Crippen LogP) is 3.72. The van der Waals surface area contributed by atoms with Crippen molar-refractivity contribution in [2.75, 3.05) is 31.8 Å². The maximum absolute atomic E-state index is 12.9. The fourth-order valence-corrected chi connectivity index (χ4v) is 6.71. The average Bonchev–Trinajstić information content (AvgIpc) is 3.47. The molecule has 0 bridgehead atoms. The van der Waals surface area contributed by atoms with Crippen LogP contribution in [0, 0.1) is 5.92 Å². The number of amides is 2. The van der Waals surface area contributed by atoms with Gasteiger partial charge < -0.3 is 20.3 Å². The summed E-state index contributed by atoms with van der Waals surface area (Å²) in [5.41, 5.74) is 0.682. The number of hydrogen-bond donors (Lipinski definition) is 3. The van der Waals surface area contributed by atoms with Gasteiger partial charge in [-0.05, 0) is 55.9 Å². The fraction of sp³-hybridized carbons (Fsp3) is 0.667. The Morgan fingerprint density at radius 3 is 2.50 bits per heavy atom. The third-order valence-electron chi connectivity index (χ3n) is 7.72. The lowest BCUT2D eigenvalue weighted by Crippen LogP contribution is -2.54. The number of rotatable bonds is 9. The van der Waals surface area contributed by atoms with E-state index in [2.05, 4.69) is 16.0 Å². The van der Waals surface area contributed by atoms with Crippen LogP contribution in [-0.2, 0) is 4.79 Å². The minimum absolute atomic E-state index is 0.0534. The smallest absolute Gasteiger partial charge is 0.253 e. The van der Waals surface area contributed by atoms with E-state index >= 15 is 0 Å². The molecule has 0 spiro atoms. The van der Waals surface area contributed by atoms with Gasteiger partial charge in [-0.15, -0.1) is 11.8 Å². The quantitative estimate of drug-likeness (QED) is 0.418. The van der Waals surface area contributed by atoms with Crippen molar-refractivity contribution in [1.82, 2.24) is 20.9 Å². The van der Waals surface area contributed by atoms with Gasteiger partial charge in [0, 0.05) is 36.3 Å². The summed E-state index contributed by atoms with van der Waals surface area (Å²) in [7, 11) is 1.62. The number of hydrogen-bond acceptors (Lipinski definition) is 6. The Kier molecular flexibility index (Phi) is 10.3. The second-order valence-electron chi connectivity index (χ2n) is 10.2. The van der Waals surface area contributed by atoms with Crippen LogP contribution in [0.25, 0.3) is 0 Å². The van der Waals surface area contributed by atoms with E-state index in [1.165, 1.54) is 32.1 Å². The van der Waals surface area contributed by atoms with Crippen molar-refractivity contribution >= 4 is 40.8 Å². The first-order chi connectivity index (χ1) is 17.5. The van der Waals surface area contributed by atoms with Crippen LogP contribution < -0.4 is 20.7 Å². The number of ether oxygens (including phenoxy) is 1. The number of thiocarbonyl (C=S) groups is 1. The Labute approximate surface area is 224 Å². The van der Waals surface area contributed by atoms with Crippen molar-refractivity contribution in [3.8, 4) is 5.75 Å². The molecule has 0 unspecified atom stereocenters. The number of methoxy groups -OCH3 is 1. The molecule has 1 aromatic carbocycles. The molecule has 3 N–H and O–H groups in total. The molecule has 3 fully saturated rings. The molecule has 198 valence electrons. The van der Waals surface area contributed by atoms with Gasteiger partial charge in [0.15, 0.2) is 0 Å². The standard InChI is InChI=1S/C27H40N4O3S2/c1-34-22-10-8-20(9-11-22)27(33)31-15-13-21(14-16-31)29-26(35)23(12-7-19-5-3-2-4-6-19)30-25(32)24-17-36-18-28-24/h8-11,19,21,23-24,28H,2-7,12-18H2,1H3,(H,29,35)(H,30,32)/t23-,24+/m1/s1. The SMILES string of the molecule is COc1ccc(C(=O)N2CCC(NC(=S)[C@@H](CCC3CCCCC3)NC(=O)[C@@H]3CSCN3)CC2)cc1. The zero-order valence-corrected chi connectivity index (χ0v) is 22.9. The Morgan fingerprint density at radius 1 is 1.14 bits per heavy atom. The lowest BCUT2D eigenvalue weighted by molar-refractivity contribution is -0.122. The number of piperidine rings is 1. The average molecular weight is 533 g/mol. The zero-order valence-electron chi connectivity index (χ0n) is 21.3. The Hall–Kier alpha value is -1.84. The molecule has 1 aliphatic carbocycles. The molecule has 0 radical (unpaired) electrons. The van der Waals surface area contributed by atoms with Gasteiger partial charge >= 0.3 is 0 Å². The van der Waals surface area contributed by atoms with Crippen LogP contribution in [0.4, 0.5) is 0 Å². The molecule has 2 heterocycles. The molecular weight excluding hydrogens is 492 g/mol. The van der Waals surface area contributed by atoms with Gasteiger partial charge in [0.2, 0.25) is 5.91 Å². The van der Waals surface area contributed by atoms with Crippen molar-refractivity contribution in [3.63, 3.8) is 0 Å². The van der Waals surface area contributed by atoms with E-state index in [0.29, 0.717) is 18.7 Å². The van der Waals surface area contributed by atoms with Crippen LogP contribution in [0.15, 0.2) is 24.3 Å². The van der Waals surface area contributed by atoms with Crippen LogP contribution in [0.3, 0.4) is 0 Å². The van der Waals surface area contributed by atoms with Gasteiger partial charge in [-0.2, -0.15) is 0 Å². The number of thioether (sulfide) groups is 1. The normalized spacial score (nSPS) is 22.1. The number of nitrogens with zero attached hydrogens (tertiary/aromatic N) is 1. The van der Waals surface area contributed by atoms with Crippen LogP contribution in [0.5, 0.6) is 5.75 Å². The van der Waals surface area contributed by atoms with E-state index in [1.54, 1.807) is 18.9 Å². The number of carbonyl (C=O) groups excluding carboxylic acids is 2. The molecule has 2 atom stereocenters. The van der Waals surface area contributed by atoms with Gasteiger partial charge in [-0.3, -0.25) is 14.9 Å². The molecule has 36 heavy (non-hydrogen) atoms. The monoisotopic (exact) mass is 532 g/mol. The zero-order chi connectivity index (χ0) is 25.3. The summed E-state index contributed by atoms with van der Waals surface area (Å²) in [6.07, 6.45) is 10.2. The van der Waals surface area contributed by atoms with E-state index in [-0.39, 0.29) is 29.9 Å². The molecule has 1 aromatic rings. The van der Waals surface area contributed by atoms with Gasteiger partial charge in [0.25, 0.3) is 5.91 Å². The molecule has 0 aromatic heterocycles. The molecule has 9 heteroatoms. The summed E-state index contributed by atoms with van der Waals surface area (Å²) in [6.45, 7) is 1.38. The summed E-state index contributed by atoms with van der Waals surface area (Å²) < 4.78 is 5.19. The van der Waals surface area contributed by atoms with Gasteiger partial charge in [-0.25, -0.2) is 0 Å². The van der Waals surface area contributed by atoms with E-state index in [4.69, 9.17) is 17.0 Å². The van der Waals surface area contributed by atoms with E-state index in [9.17, 15) is 9.59 Å². The summed E-state index contributed by atoms with van der Waals surface area (Å²) in [4.78, 5) is 28.4. The van der Waals surface area contributed by atoms with Crippen LogP contribution in [0.1, 0.15) is 68.1 Å². The highest BCUT2D eigenvalue weighted by Crippen LogP contribution is 2.28. The molecule has 7 nitrogen and oxygen atoms in total. The lowest BCUT2D eigenvalue weighted by atomic mass is 9.85. The minimum Gasteiger partial charge on any atom is -0.497 e. The molecule has 3 aliphatic rings. The van der Waals surface area contributed by atoms with Gasteiger partial charge in [0.1, 0.15) is 5.75 Å². The molecule has 4 rings (SSSR count). The maximum atomic E-state index is 12.9. The number of likely N-dealkylation sites (tertiary alicyclic amines) is 1. The Bertz CT molecular complexity index is 878. The van der Waals surface area contributed by atoms with Crippen LogP contribution in [0.2, 0.25) is 0 Å². The van der Waals surface area contributed by atoms with Gasteiger partial charge in [0.05, 0.1) is 24.2 Å². The number of carbonyl (C=O) groups is 2. The molecule has 2 amide bonds. The summed E-state index contributed by atoms with van der Waals surface area (Å²) >= 11 is 7.61. The third-order valence-corrected chi connectivity index (χ3v) is 9.06. The molecule has 2 aliphatic heterocycles. The topological polar surface area (TPSA) is 82.7 Å². The number of nitrogens with one attached hydrogen (secondary N) is 3. The molecular formula is C27H40N4O3S2. The van der Waals surface area contributed by atoms with Crippen molar-refractivity contribution in [3.05, 3.63) is 29.8 Å². The first-order valence-electron chi connectivity index (χ1n) is 13.4. The highest BCUT2D eigenvalue weighted by molar-refractivity contribution is 7.99. The van der Waals surface area contributed by atoms with E-state index < -0.39 is 0 Å². The highest BCUT2D eigenvalue weighted by atomic mass is 32.2. The second-order valence-corrected chi connectivity index (χ2v) is 11.7. The maximum Gasteiger partial charge on any atom is 0.253 e. The van der Waals surface area contributed by atoms with Crippen molar-refractivity contribution in [2.45, 2.75) is 75.9 Å². The molecule has 2 saturated heterocycles. The highest BCUT2D eigenvalue weighted by Gasteiger charge is 2.29. The van der Waals surface area contributed by atoms with E-state index in [0.717, 1.165) is 54.0 Å². The largest absolute Gasteiger partial charge is 0.497 e. The Morgan fingerprint density at radius 2 is 1.86 bits per heavy atom. The van der Waals surface area contributed by atoms with Gasteiger partial charge in [-0.1, -0.05) is 44.3 Å². The first-order valence-corrected chi connectivity index (χ1v) is 14.9. The van der Waals surface area contributed by atoms with Crippen LogP contribution in [-0.4, -0.2) is 71.7 Å². The van der Waals surface area contributed by atoms with Crippen molar-refractivity contribution in [1.29, 1.82) is 0 Å². The van der Waals surface area contributed by atoms with E-state index in [1.807, 2.05) is 29.2 Å². The van der Waals surface area contributed by atoms with Crippen LogP contribution >= 0.6 is 24.0 Å². The predicted molar refractivity (Wildman–Crippen MR) is 150 cm³/mol. The summed E-state index contributed by atoms with van der Waals surface area (Å²) in [5.74, 6) is 3.23. The van der Waals surface area contributed by atoms with Crippen molar-refractivity contribution in [2.24, 2.45) is 5.92 Å². The third kappa shape index (κ3) is 7.59. The lowest BCUT2D eigenvalue weighted by Gasteiger charge is -2.34. The second kappa shape index (κ2) is 13.6. The summed E-state index contributed by atoms with van der Waals surface area (Å²) in [5, 5.41) is 10.1. The number of benzene rings is 1. The Balaban J connectivity index is 1.28. The van der Waals surface area contributed by atoms with Crippen molar-refractivity contribution < 1.29 is 14.3 Å². The fourth-order valence-electron chi connectivity index (χ4n) is 5.43. The molecule has 1 saturated carbocycles.